The van der Waals surface area contributed by atoms with Crippen LogP contribution in [0.25, 0.3) is 0 Å². The van der Waals surface area contributed by atoms with Crippen LogP contribution in [0.2, 0.25) is 0 Å². The summed E-state index contributed by atoms with van der Waals surface area (Å²) in [6.07, 6.45) is 1.77. The summed E-state index contributed by atoms with van der Waals surface area (Å²) < 4.78 is 7.25. The lowest BCUT2D eigenvalue weighted by molar-refractivity contribution is -0.0279. The normalized spacial score (nSPS) is 20.8. The van der Waals surface area contributed by atoms with Gasteiger partial charge in [0.1, 0.15) is 4.99 Å². The highest BCUT2D eigenvalue weighted by molar-refractivity contribution is 7.80. The van der Waals surface area contributed by atoms with Gasteiger partial charge in [0, 0.05) is 19.3 Å². The fraction of sp³-hybridized carbons (Fsp3) is 0.500. The molecule has 1 fully saturated rings. The molecule has 98 valence electrons. The smallest absolute Gasteiger partial charge is 0.260 e. The first-order valence-corrected chi connectivity index (χ1v) is 6.28. The SMILES string of the molecule is CN1CCOC(Cn2cccc(C(N)=S)c2=O)C1. The molecule has 6 heteroatoms. The number of morpholine rings is 1. The molecule has 2 heterocycles. The molecule has 0 amide bonds. The molecule has 1 atom stereocenters. The number of likely N-dealkylation sites (N-methyl/N-ethyl adjacent to an activating group) is 1. The Balaban J connectivity index is 2.16. The highest BCUT2D eigenvalue weighted by atomic mass is 32.1. The third-order valence-electron chi connectivity index (χ3n) is 3.03. The largest absolute Gasteiger partial charge is 0.389 e. The Morgan fingerprint density at radius 1 is 1.67 bits per heavy atom. The van der Waals surface area contributed by atoms with E-state index in [0.29, 0.717) is 18.7 Å². The summed E-state index contributed by atoms with van der Waals surface area (Å²) in [5.74, 6) is 0. The zero-order valence-electron chi connectivity index (χ0n) is 10.3. The van der Waals surface area contributed by atoms with E-state index < -0.39 is 0 Å². The molecule has 1 aromatic heterocycles. The Morgan fingerprint density at radius 2 is 2.44 bits per heavy atom. The standard InChI is InChI=1S/C12H17N3O2S/c1-14-5-6-17-9(7-14)8-15-4-2-3-10(11(13)18)12(15)16/h2-4,9H,5-8H2,1H3,(H2,13,18). The number of hydrogen-bond donors (Lipinski definition) is 1. The van der Waals surface area contributed by atoms with Crippen LogP contribution in [0.15, 0.2) is 23.1 Å². The number of aromatic nitrogens is 1. The Morgan fingerprint density at radius 3 is 3.11 bits per heavy atom. The number of hydrogen-bond acceptors (Lipinski definition) is 4. The van der Waals surface area contributed by atoms with Crippen molar-refractivity contribution in [3.63, 3.8) is 0 Å². The van der Waals surface area contributed by atoms with Gasteiger partial charge in [0.2, 0.25) is 0 Å². The monoisotopic (exact) mass is 267 g/mol. The van der Waals surface area contributed by atoms with Crippen molar-refractivity contribution in [3.05, 3.63) is 34.2 Å². The zero-order valence-corrected chi connectivity index (χ0v) is 11.2. The molecule has 2 N–H and O–H groups in total. The van der Waals surface area contributed by atoms with Crippen LogP contribution < -0.4 is 11.3 Å². The zero-order chi connectivity index (χ0) is 13.1. The van der Waals surface area contributed by atoms with E-state index in [4.69, 9.17) is 22.7 Å². The van der Waals surface area contributed by atoms with Crippen molar-refractivity contribution in [2.75, 3.05) is 26.7 Å². The van der Waals surface area contributed by atoms with Gasteiger partial charge < -0.3 is 19.9 Å². The van der Waals surface area contributed by atoms with E-state index >= 15 is 0 Å². The number of nitrogens with two attached hydrogens (primary N) is 1. The third-order valence-corrected chi connectivity index (χ3v) is 3.25. The number of nitrogens with zero attached hydrogens (tertiary/aromatic N) is 2. The first-order valence-electron chi connectivity index (χ1n) is 5.87. The minimum Gasteiger partial charge on any atom is -0.389 e. The van der Waals surface area contributed by atoms with Crippen LogP contribution in [0.1, 0.15) is 5.56 Å². The van der Waals surface area contributed by atoms with Gasteiger partial charge in [-0.3, -0.25) is 4.79 Å². The summed E-state index contributed by atoms with van der Waals surface area (Å²) in [5, 5.41) is 0. The highest BCUT2D eigenvalue weighted by Crippen LogP contribution is 2.05. The Labute approximate surface area is 111 Å². The first-order chi connectivity index (χ1) is 8.58. The maximum Gasteiger partial charge on any atom is 0.260 e. The third kappa shape index (κ3) is 2.95. The van der Waals surface area contributed by atoms with Gasteiger partial charge in [-0.05, 0) is 19.2 Å². The maximum atomic E-state index is 12.1. The fourth-order valence-corrected chi connectivity index (χ4v) is 2.22. The summed E-state index contributed by atoms with van der Waals surface area (Å²) in [7, 11) is 2.05. The van der Waals surface area contributed by atoms with Gasteiger partial charge in [0.05, 0.1) is 24.8 Å². The summed E-state index contributed by atoms with van der Waals surface area (Å²) >= 11 is 4.86. The van der Waals surface area contributed by atoms with Crippen LogP contribution in [0.5, 0.6) is 0 Å². The molecule has 0 bridgehead atoms. The molecular weight excluding hydrogens is 250 g/mol. The van der Waals surface area contributed by atoms with Crippen molar-refractivity contribution < 1.29 is 4.74 Å². The molecule has 1 aliphatic heterocycles. The maximum absolute atomic E-state index is 12.1. The topological polar surface area (TPSA) is 60.5 Å². The Kier molecular flexibility index (Phi) is 4.11. The van der Waals surface area contributed by atoms with Crippen LogP contribution in [0.3, 0.4) is 0 Å². The molecule has 5 nitrogen and oxygen atoms in total. The molecule has 1 unspecified atom stereocenters. The predicted molar refractivity (Wildman–Crippen MR) is 73.8 cm³/mol. The van der Waals surface area contributed by atoms with Crippen LogP contribution in [-0.2, 0) is 11.3 Å². The van der Waals surface area contributed by atoms with Crippen molar-refractivity contribution in [2.24, 2.45) is 5.73 Å². The molecule has 1 aromatic rings. The van der Waals surface area contributed by atoms with E-state index in [1.54, 1.807) is 22.9 Å². The lowest BCUT2D eigenvalue weighted by Crippen LogP contribution is -2.43. The summed E-state index contributed by atoms with van der Waals surface area (Å²) in [6, 6.07) is 3.43. The second kappa shape index (κ2) is 5.60. The summed E-state index contributed by atoms with van der Waals surface area (Å²) in [4.78, 5) is 14.4. The van der Waals surface area contributed by atoms with Gasteiger partial charge in [0.25, 0.3) is 5.56 Å². The minimum atomic E-state index is -0.151. The molecule has 0 saturated carbocycles. The van der Waals surface area contributed by atoms with Crippen LogP contribution in [0.4, 0.5) is 0 Å². The van der Waals surface area contributed by atoms with Crippen LogP contribution in [0, 0.1) is 0 Å². The van der Waals surface area contributed by atoms with E-state index in [1.165, 1.54) is 0 Å². The lowest BCUT2D eigenvalue weighted by atomic mass is 10.2. The molecule has 0 aromatic carbocycles. The van der Waals surface area contributed by atoms with Crippen molar-refractivity contribution in [1.29, 1.82) is 0 Å². The number of rotatable bonds is 3. The number of thiocarbonyl (C=S) groups is 1. The minimum absolute atomic E-state index is 0.0306. The Hall–Kier alpha value is -1.24. The van der Waals surface area contributed by atoms with Crippen LogP contribution >= 0.6 is 12.2 Å². The molecule has 2 rings (SSSR count). The van der Waals surface area contributed by atoms with Crippen molar-refractivity contribution in [3.8, 4) is 0 Å². The van der Waals surface area contributed by atoms with E-state index in [0.717, 1.165) is 13.1 Å². The number of pyridine rings is 1. The fourth-order valence-electron chi connectivity index (χ4n) is 2.06. The van der Waals surface area contributed by atoms with Gasteiger partial charge in [-0.25, -0.2) is 0 Å². The Bertz CT molecular complexity index is 500. The second-order valence-corrected chi connectivity index (χ2v) is 4.94. The molecule has 0 spiro atoms. The first kappa shape index (κ1) is 13.2. The van der Waals surface area contributed by atoms with Crippen molar-refractivity contribution in [2.45, 2.75) is 12.6 Å². The molecule has 1 saturated heterocycles. The van der Waals surface area contributed by atoms with E-state index in [-0.39, 0.29) is 16.7 Å². The molecule has 0 radical (unpaired) electrons. The van der Waals surface area contributed by atoms with Gasteiger partial charge >= 0.3 is 0 Å². The van der Waals surface area contributed by atoms with Crippen LogP contribution in [-0.4, -0.2) is 47.3 Å². The van der Waals surface area contributed by atoms with Gasteiger partial charge in [0.15, 0.2) is 0 Å². The lowest BCUT2D eigenvalue weighted by Gasteiger charge is -2.30. The van der Waals surface area contributed by atoms with Gasteiger partial charge in [-0.1, -0.05) is 12.2 Å². The summed E-state index contributed by atoms with van der Waals surface area (Å²) in [5.41, 5.74) is 5.75. The molecule has 18 heavy (non-hydrogen) atoms. The molecule has 1 aliphatic rings. The molecular formula is C12H17N3O2S. The summed E-state index contributed by atoms with van der Waals surface area (Å²) in [6.45, 7) is 2.98. The van der Waals surface area contributed by atoms with E-state index in [2.05, 4.69) is 4.90 Å². The molecule has 0 aliphatic carbocycles. The number of ether oxygens (including phenoxy) is 1. The van der Waals surface area contributed by atoms with Gasteiger partial charge in [-0.2, -0.15) is 0 Å². The average Bonchev–Trinajstić information content (AvgIpc) is 2.31. The second-order valence-electron chi connectivity index (χ2n) is 4.50. The quantitative estimate of drug-likeness (QED) is 0.769. The van der Waals surface area contributed by atoms with E-state index in [9.17, 15) is 4.79 Å². The van der Waals surface area contributed by atoms with Gasteiger partial charge in [-0.15, -0.1) is 0 Å². The predicted octanol–water partition coefficient (Wildman–Crippen LogP) is -0.187. The van der Waals surface area contributed by atoms with Crippen molar-refractivity contribution >= 4 is 17.2 Å². The highest BCUT2D eigenvalue weighted by Gasteiger charge is 2.19. The van der Waals surface area contributed by atoms with Crippen molar-refractivity contribution in [1.82, 2.24) is 9.47 Å². The average molecular weight is 267 g/mol. The van der Waals surface area contributed by atoms with E-state index in [1.807, 2.05) is 7.05 Å².